The van der Waals surface area contributed by atoms with Gasteiger partial charge in [0.1, 0.15) is 6.04 Å². The number of carboxylic acids is 1. The average Bonchev–Trinajstić information content (AvgIpc) is 2.65. The fourth-order valence-electron chi connectivity index (χ4n) is 3.13. The number of piperidine rings is 1. The molecular formula is C12H21NO2. The number of nitrogens with zero attached hydrogens (tertiary/aromatic N) is 1. The van der Waals surface area contributed by atoms with Crippen molar-refractivity contribution in [2.75, 3.05) is 6.54 Å². The quantitative estimate of drug-likeness (QED) is 0.760. The third kappa shape index (κ3) is 2.33. The predicted molar refractivity (Wildman–Crippen MR) is 58.8 cm³/mol. The molecule has 0 aromatic rings. The molecule has 0 aromatic carbocycles. The second-order valence-electron chi connectivity index (χ2n) is 5.16. The number of hydrogen-bond acceptors (Lipinski definition) is 2. The van der Waals surface area contributed by atoms with Gasteiger partial charge in [0.25, 0.3) is 0 Å². The molecule has 0 amide bonds. The van der Waals surface area contributed by atoms with E-state index in [0.29, 0.717) is 6.04 Å². The number of carboxylic acid groups (broad SMARTS) is 1. The van der Waals surface area contributed by atoms with Gasteiger partial charge in [0.2, 0.25) is 0 Å². The van der Waals surface area contributed by atoms with Gasteiger partial charge in [0, 0.05) is 6.04 Å². The Hall–Kier alpha value is -0.570. The molecule has 1 aliphatic heterocycles. The summed E-state index contributed by atoms with van der Waals surface area (Å²) in [5, 5.41) is 9.19. The summed E-state index contributed by atoms with van der Waals surface area (Å²) in [6.45, 7) is 3.27. The molecule has 2 rings (SSSR count). The topological polar surface area (TPSA) is 40.5 Å². The molecule has 1 saturated heterocycles. The second-order valence-corrected chi connectivity index (χ2v) is 5.16. The van der Waals surface area contributed by atoms with Crippen molar-refractivity contribution in [3.05, 3.63) is 0 Å². The minimum atomic E-state index is -0.616. The van der Waals surface area contributed by atoms with Gasteiger partial charge >= 0.3 is 5.97 Å². The molecule has 1 N–H and O–H groups in total. The highest BCUT2D eigenvalue weighted by Crippen LogP contribution is 2.32. The van der Waals surface area contributed by atoms with Crippen molar-refractivity contribution < 1.29 is 9.90 Å². The van der Waals surface area contributed by atoms with Crippen molar-refractivity contribution in [2.24, 2.45) is 5.92 Å². The number of carbonyl (C=O) groups is 1. The highest BCUT2D eigenvalue weighted by molar-refractivity contribution is 5.73. The maximum absolute atomic E-state index is 11.2. The summed E-state index contributed by atoms with van der Waals surface area (Å²) in [4.78, 5) is 13.4. The van der Waals surface area contributed by atoms with Gasteiger partial charge in [-0.15, -0.1) is 0 Å². The SMILES string of the molecule is CC1CCC(N2CCCCC2C(=O)O)C1. The van der Waals surface area contributed by atoms with Gasteiger partial charge in [-0.25, -0.2) is 0 Å². The lowest BCUT2D eigenvalue weighted by Gasteiger charge is -2.37. The van der Waals surface area contributed by atoms with E-state index in [4.69, 9.17) is 0 Å². The number of rotatable bonds is 2. The molecule has 15 heavy (non-hydrogen) atoms. The van der Waals surface area contributed by atoms with Crippen LogP contribution in [0.4, 0.5) is 0 Å². The van der Waals surface area contributed by atoms with Gasteiger partial charge in [0.15, 0.2) is 0 Å². The Labute approximate surface area is 91.5 Å². The molecule has 0 aromatic heterocycles. The zero-order chi connectivity index (χ0) is 10.8. The van der Waals surface area contributed by atoms with Gasteiger partial charge in [0.05, 0.1) is 0 Å². The molecule has 2 aliphatic rings. The number of hydrogen-bond donors (Lipinski definition) is 1. The van der Waals surface area contributed by atoms with Crippen LogP contribution in [0.15, 0.2) is 0 Å². The third-order valence-corrected chi connectivity index (χ3v) is 3.97. The summed E-state index contributed by atoms with van der Waals surface area (Å²) in [5.74, 6) is 0.167. The molecule has 3 atom stereocenters. The van der Waals surface area contributed by atoms with Crippen molar-refractivity contribution in [1.29, 1.82) is 0 Å². The third-order valence-electron chi connectivity index (χ3n) is 3.97. The number of likely N-dealkylation sites (tertiary alicyclic amines) is 1. The smallest absolute Gasteiger partial charge is 0.320 e. The van der Waals surface area contributed by atoms with E-state index in [-0.39, 0.29) is 6.04 Å². The Kier molecular flexibility index (Phi) is 3.29. The van der Waals surface area contributed by atoms with Crippen molar-refractivity contribution in [1.82, 2.24) is 4.90 Å². The Morgan fingerprint density at radius 3 is 2.67 bits per heavy atom. The van der Waals surface area contributed by atoms with Crippen LogP contribution in [0.5, 0.6) is 0 Å². The molecule has 0 radical (unpaired) electrons. The molecule has 3 unspecified atom stereocenters. The summed E-state index contributed by atoms with van der Waals surface area (Å²) < 4.78 is 0. The standard InChI is InChI=1S/C12H21NO2/c1-9-5-6-10(8-9)13-7-3-2-4-11(13)12(14)15/h9-11H,2-8H2,1H3,(H,14,15). The maximum Gasteiger partial charge on any atom is 0.320 e. The van der Waals surface area contributed by atoms with Crippen LogP contribution in [0.25, 0.3) is 0 Å². The number of aliphatic carboxylic acids is 1. The van der Waals surface area contributed by atoms with Gasteiger partial charge in [-0.1, -0.05) is 13.3 Å². The van der Waals surface area contributed by atoms with E-state index >= 15 is 0 Å². The lowest BCUT2D eigenvalue weighted by Crippen LogP contribution is -2.49. The molecule has 2 fully saturated rings. The fraction of sp³-hybridized carbons (Fsp3) is 0.917. The molecule has 3 heteroatoms. The summed E-state index contributed by atoms with van der Waals surface area (Å²) >= 11 is 0. The van der Waals surface area contributed by atoms with E-state index in [1.807, 2.05) is 0 Å². The van der Waals surface area contributed by atoms with Crippen LogP contribution < -0.4 is 0 Å². The molecule has 1 aliphatic carbocycles. The van der Waals surface area contributed by atoms with E-state index in [1.165, 1.54) is 25.7 Å². The van der Waals surface area contributed by atoms with Crippen LogP contribution in [-0.2, 0) is 4.79 Å². The summed E-state index contributed by atoms with van der Waals surface area (Å²) in [5.41, 5.74) is 0. The Morgan fingerprint density at radius 1 is 1.27 bits per heavy atom. The van der Waals surface area contributed by atoms with Gasteiger partial charge in [-0.3, -0.25) is 9.69 Å². The first-order valence-corrected chi connectivity index (χ1v) is 6.17. The highest BCUT2D eigenvalue weighted by Gasteiger charge is 2.36. The van der Waals surface area contributed by atoms with Crippen LogP contribution in [0.1, 0.15) is 45.4 Å². The first-order chi connectivity index (χ1) is 7.18. The zero-order valence-corrected chi connectivity index (χ0v) is 9.48. The highest BCUT2D eigenvalue weighted by atomic mass is 16.4. The van der Waals surface area contributed by atoms with Crippen LogP contribution >= 0.6 is 0 Å². The molecule has 1 saturated carbocycles. The summed E-state index contributed by atoms with van der Waals surface area (Å²) in [7, 11) is 0. The molecule has 3 nitrogen and oxygen atoms in total. The summed E-state index contributed by atoms with van der Waals surface area (Å²) in [6, 6.07) is 0.343. The first kappa shape index (κ1) is 10.9. The maximum atomic E-state index is 11.2. The van der Waals surface area contributed by atoms with Crippen molar-refractivity contribution in [2.45, 2.75) is 57.5 Å². The van der Waals surface area contributed by atoms with Crippen LogP contribution in [0.3, 0.4) is 0 Å². The molecule has 86 valence electrons. The lowest BCUT2D eigenvalue weighted by atomic mass is 9.99. The van der Waals surface area contributed by atoms with Crippen LogP contribution in [0.2, 0.25) is 0 Å². The molecule has 0 bridgehead atoms. The van der Waals surface area contributed by atoms with Crippen molar-refractivity contribution in [3.8, 4) is 0 Å². The van der Waals surface area contributed by atoms with Crippen molar-refractivity contribution >= 4 is 5.97 Å². The molecule has 0 spiro atoms. The molecule has 1 heterocycles. The van der Waals surface area contributed by atoms with E-state index in [2.05, 4.69) is 11.8 Å². The lowest BCUT2D eigenvalue weighted by molar-refractivity contribution is -0.145. The normalized spacial score (nSPS) is 38.1. The Bertz CT molecular complexity index is 242. The second kappa shape index (κ2) is 4.52. The largest absolute Gasteiger partial charge is 0.480 e. The van der Waals surface area contributed by atoms with Crippen molar-refractivity contribution in [3.63, 3.8) is 0 Å². The van der Waals surface area contributed by atoms with Crippen LogP contribution in [0, 0.1) is 5.92 Å². The first-order valence-electron chi connectivity index (χ1n) is 6.17. The van der Waals surface area contributed by atoms with Gasteiger partial charge in [-0.2, -0.15) is 0 Å². The predicted octanol–water partition coefficient (Wildman–Crippen LogP) is 2.11. The van der Waals surface area contributed by atoms with Crippen LogP contribution in [-0.4, -0.2) is 34.6 Å². The Balaban J connectivity index is 2.01. The van der Waals surface area contributed by atoms with E-state index in [1.54, 1.807) is 0 Å². The van der Waals surface area contributed by atoms with E-state index in [9.17, 15) is 9.90 Å². The monoisotopic (exact) mass is 211 g/mol. The minimum Gasteiger partial charge on any atom is -0.480 e. The van der Waals surface area contributed by atoms with E-state index < -0.39 is 5.97 Å². The average molecular weight is 211 g/mol. The minimum absolute atomic E-state index is 0.200. The summed E-state index contributed by atoms with van der Waals surface area (Å²) in [6.07, 6.45) is 6.77. The van der Waals surface area contributed by atoms with Gasteiger partial charge < -0.3 is 5.11 Å². The van der Waals surface area contributed by atoms with E-state index in [0.717, 1.165) is 25.3 Å². The fourth-order valence-corrected chi connectivity index (χ4v) is 3.13. The van der Waals surface area contributed by atoms with Gasteiger partial charge in [-0.05, 0) is 44.6 Å². The Morgan fingerprint density at radius 2 is 2.07 bits per heavy atom. The molecular weight excluding hydrogens is 190 g/mol. The zero-order valence-electron chi connectivity index (χ0n) is 9.48.